The van der Waals surface area contributed by atoms with Gasteiger partial charge in [0.25, 0.3) is 0 Å². The summed E-state index contributed by atoms with van der Waals surface area (Å²) in [6.07, 6.45) is 13.2. The third-order valence-electron chi connectivity index (χ3n) is 12.3. The van der Waals surface area contributed by atoms with Crippen molar-refractivity contribution in [3.63, 3.8) is 0 Å². The van der Waals surface area contributed by atoms with E-state index in [4.69, 9.17) is 8.83 Å². The van der Waals surface area contributed by atoms with Gasteiger partial charge in [0.05, 0.1) is 11.4 Å². The van der Waals surface area contributed by atoms with Crippen LogP contribution in [0.2, 0.25) is 0 Å². The van der Waals surface area contributed by atoms with Gasteiger partial charge >= 0.3 is 0 Å². The van der Waals surface area contributed by atoms with Gasteiger partial charge in [-0.3, -0.25) is 0 Å². The first-order chi connectivity index (χ1) is 30.7. The van der Waals surface area contributed by atoms with E-state index in [1.165, 1.54) is 27.8 Å². The minimum absolute atomic E-state index is 0.817. The summed E-state index contributed by atoms with van der Waals surface area (Å²) < 4.78 is 13.6. The van der Waals surface area contributed by atoms with E-state index in [0.29, 0.717) is 0 Å². The van der Waals surface area contributed by atoms with Crippen molar-refractivity contribution in [3.05, 3.63) is 235 Å². The number of hydrogen-bond acceptors (Lipinski definition) is 4. The molecule has 0 saturated heterocycles. The zero-order valence-electron chi connectivity index (χ0n) is 33.9. The van der Waals surface area contributed by atoms with Gasteiger partial charge in [-0.05, 0) is 113 Å². The fourth-order valence-corrected chi connectivity index (χ4v) is 9.29. The molecule has 8 aromatic carbocycles. The van der Waals surface area contributed by atoms with E-state index in [2.05, 4.69) is 216 Å². The molecule has 0 amide bonds. The van der Waals surface area contributed by atoms with Crippen LogP contribution in [-0.4, -0.2) is 0 Å². The molecule has 0 fully saturated rings. The van der Waals surface area contributed by atoms with Crippen LogP contribution in [0.4, 0.5) is 28.4 Å². The third kappa shape index (κ3) is 6.15. The summed E-state index contributed by atoms with van der Waals surface area (Å²) in [4.78, 5) is 4.69. The predicted octanol–water partition coefficient (Wildman–Crippen LogP) is 16.5. The molecule has 294 valence electrons. The quantitative estimate of drug-likeness (QED) is 0.146. The summed E-state index contributed by atoms with van der Waals surface area (Å²) in [6.45, 7) is 0. The zero-order chi connectivity index (χ0) is 41.0. The van der Waals surface area contributed by atoms with Crippen molar-refractivity contribution in [2.75, 3.05) is 9.80 Å². The Morgan fingerprint density at radius 2 is 0.935 bits per heavy atom. The molecule has 0 radical (unpaired) electrons. The smallest absolute Gasteiger partial charge is 0.159 e. The standard InChI is InChI=1S/C58H40N2O2/c1-3-13-39(14-4-1)42-25-30-45(31-26-42)59(47-34-29-44(37-47)41-17-7-8-18-41)53-22-11-20-50-51-21-12-23-54(58(51)62-57(50)53)60(46-32-27-43(28-33-46)40-15-5-2-6-16-40)48-35-36-56-52(38-48)49-19-9-10-24-55(49)61-56/h1-17,19-28,30-38H,18,29H2. The first kappa shape index (κ1) is 35.8. The average Bonchev–Trinajstić information content (AvgIpc) is 4.17. The Kier molecular flexibility index (Phi) is 8.60. The second-order valence-electron chi connectivity index (χ2n) is 16.0. The first-order valence-corrected chi connectivity index (χ1v) is 21.3. The molecule has 4 nitrogen and oxygen atoms in total. The highest BCUT2D eigenvalue weighted by Gasteiger charge is 2.26. The van der Waals surface area contributed by atoms with Gasteiger partial charge in [-0.25, -0.2) is 0 Å². The van der Waals surface area contributed by atoms with Gasteiger partial charge in [0.15, 0.2) is 11.2 Å². The number of para-hydroxylation sites is 3. The van der Waals surface area contributed by atoms with Crippen LogP contribution >= 0.6 is 0 Å². The first-order valence-electron chi connectivity index (χ1n) is 21.3. The van der Waals surface area contributed by atoms with Crippen LogP contribution in [0.1, 0.15) is 12.8 Å². The molecule has 10 aromatic rings. The second-order valence-corrected chi connectivity index (χ2v) is 16.0. The lowest BCUT2D eigenvalue weighted by Gasteiger charge is -2.26. The van der Waals surface area contributed by atoms with Crippen molar-refractivity contribution in [2.45, 2.75) is 12.8 Å². The van der Waals surface area contributed by atoms with Crippen LogP contribution < -0.4 is 9.80 Å². The number of benzene rings is 8. The van der Waals surface area contributed by atoms with Crippen LogP contribution in [0.25, 0.3) is 66.1 Å². The number of hydrogen-bond donors (Lipinski definition) is 0. The number of nitrogens with zero attached hydrogens (tertiary/aromatic N) is 2. The van der Waals surface area contributed by atoms with E-state index >= 15 is 0 Å². The van der Waals surface area contributed by atoms with E-state index in [1.807, 2.05) is 12.1 Å². The summed E-state index contributed by atoms with van der Waals surface area (Å²) in [6, 6.07) is 66.6. The number of allylic oxidation sites excluding steroid dienone is 7. The van der Waals surface area contributed by atoms with Crippen molar-refractivity contribution < 1.29 is 8.83 Å². The van der Waals surface area contributed by atoms with Crippen LogP contribution in [-0.2, 0) is 0 Å². The topological polar surface area (TPSA) is 32.8 Å². The van der Waals surface area contributed by atoms with Gasteiger partial charge < -0.3 is 18.6 Å². The fourth-order valence-electron chi connectivity index (χ4n) is 9.29. The molecule has 4 heteroatoms. The van der Waals surface area contributed by atoms with Crippen molar-refractivity contribution in [2.24, 2.45) is 0 Å². The molecule has 2 aliphatic carbocycles. The number of furan rings is 2. The SMILES string of the molecule is C1=CCC(C2=CC(N(c3ccc(-c4ccccc4)cc3)c3cccc4c3oc3c(N(c5ccc(-c6ccccc6)cc5)c5ccc6oc7ccccc7c6c5)cccc34)=CC2)=C1. The van der Waals surface area contributed by atoms with E-state index in [0.717, 1.165) is 96.4 Å². The van der Waals surface area contributed by atoms with E-state index in [-0.39, 0.29) is 0 Å². The van der Waals surface area contributed by atoms with E-state index in [1.54, 1.807) is 0 Å². The lowest BCUT2D eigenvalue weighted by molar-refractivity contribution is 0.668. The second kappa shape index (κ2) is 14.9. The predicted molar refractivity (Wildman–Crippen MR) is 258 cm³/mol. The van der Waals surface area contributed by atoms with Gasteiger partial charge in [0.1, 0.15) is 11.2 Å². The maximum absolute atomic E-state index is 7.29. The number of rotatable bonds is 9. The summed E-state index contributed by atoms with van der Waals surface area (Å²) >= 11 is 0. The Morgan fingerprint density at radius 1 is 0.387 bits per heavy atom. The average molecular weight is 797 g/mol. The molecular weight excluding hydrogens is 757 g/mol. The minimum Gasteiger partial charge on any atom is -0.456 e. The molecule has 0 N–H and O–H groups in total. The maximum Gasteiger partial charge on any atom is 0.159 e. The van der Waals surface area contributed by atoms with Crippen LogP contribution in [0.5, 0.6) is 0 Å². The lowest BCUT2D eigenvalue weighted by atomic mass is 10.0. The molecule has 62 heavy (non-hydrogen) atoms. The Bertz CT molecular complexity index is 3440. The van der Waals surface area contributed by atoms with Gasteiger partial charge in [-0.1, -0.05) is 152 Å². The highest BCUT2D eigenvalue weighted by atomic mass is 16.3. The lowest BCUT2D eigenvalue weighted by Crippen LogP contribution is -2.14. The molecule has 12 rings (SSSR count). The highest BCUT2D eigenvalue weighted by molar-refractivity contribution is 6.14. The van der Waals surface area contributed by atoms with Crippen LogP contribution in [0.3, 0.4) is 0 Å². The zero-order valence-corrected chi connectivity index (χ0v) is 33.9. The summed E-state index contributed by atoms with van der Waals surface area (Å²) in [7, 11) is 0. The molecule has 0 aliphatic heterocycles. The summed E-state index contributed by atoms with van der Waals surface area (Å²) in [5, 5.41) is 4.27. The molecule has 0 spiro atoms. The van der Waals surface area contributed by atoms with Crippen molar-refractivity contribution in [1.29, 1.82) is 0 Å². The summed E-state index contributed by atoms with van der Waals surface area (Å²) in [5.41, 5.74) is 17.0. The van der Waals surface area contributed by atoms with Crippen molar-refractivity contribution in [3.8, 4) is 22.3 Å². The molecule has 0 bridgehead atoms. The van der Waals surface area contributed by atoms with Gasteiger partial charge in [0, 0.05) is 44.3 Å². The molecule has 2 aromatic heterocycles. The van der Waals surface area contributed by atoms with Gasteiger partial charge in [-0.2, -0.15) is 0 Å². The maximum atomic E-state index is 7.29. The van der Waals surface area contributed by atoms with Crippen LogP contribution in [0.15, 0.2) is 244 Å². The molecule has 0 unspecified atom stereocenters. The third-order valence-corrected chi connectivity index (χ3v) is 12.3. The Labute approximate surface area is 359 Å². The Morgan fingerprint density at radius 3 is 1.58 bits per heavy atom. The number of anilines is 5. The molecule has 2 aliphatic rings. The molecule has 0 saturated carbocycles. The minimum atomic E-state index is 0.817. The highest BCUT2D eigenvalue weighted by Crippen LogP contribution is 2.47. The van der Waals surface area contributed by atoms with Gasteiger partial charge in [0.2, 0.25) is 0 Å². The Hall–Kier alpha value is -8.08. The Balaban J connectivity index is 1.04. The van der Waals surface area contributed by atoms with E-state index in [9.17, 15) is 0 Å². The molecule has 0 atom stereocenters. The normalized spacial score (nSPS) is 13.6. The van der Waals surface area contributed by atoms with E-state index < -0.39 is 0 Å². The largest absolute Gasteiger partial charge is 0.456 e. The fraction of sp³-hybridized carbons (Fsp3) is 0.0345. The van der Waals surface area contributed by atoms with Crippen molar-refractivity contribution >= 4 is 72.3 Å². The number of fused-ring (bicyclic) bond motifs is 6. The monoisotopic (exact) mass is 796 g/mol. The molecule has 2 heterocycles. The van der Waals surface area contributed by atoms with Crippen LogP contribution in [0, 0.1) is 0 Å². The summed E-state index contributed by atoms with van der Waals surface area (Å²) in [5.74, 6) is 0. The van der Waals surface area contributed by atoms with Crippen molar-refractivity contribution in [1.82, 2.24) is 0 Å². The van der Waals surface area contributed by atoms with Gasteiger partial charge in [-0.15, -0.1) is 0 Å². The molecular formula is C58H40N2O2.